The number of methoxy groups -OCH3 is 1. The second kappa shape index (κ2) is 10.0. The minimum Gasteiger partial charge on any atom is -0.497 e. The van der Waals surface area contributed by atoms with Gasteiger partial charge in [0, 0.05) is 27.0 Å². The summed E-state index contributed by atoms with van der Waals surface area (Å²) in [5, 5.41) is 3.33. The zero-order valence-electron chi connectivity index (χ0n) is 17.9. The van der Waals surface area contributed by atoms with Crippen molar-refractivity contribution in [3.63, 3.8) is 0 Å². The number of carbonyl (C=O) groups excluding carboxylic acids is 1. The van der Waals surface area contributed by atoms with Gasteiger partial charge in [0.25, 0.3) is 0 Å². The summed E-state index contributed by atoms with van der Waals surface area (Å²) in [5.41, 5.74) is 10.2. The Morgan fingerprint density at radius 2 is 1.70 bits per heavy atom. The molecule has 0 atom stereocenters. The van der Waals surface area contributed by atoms with Gasteiger partial charge < -0.3 is 20.8 Å². The van der Waals surface area contributed by atoms with Gasteiger partial charge in [-0.05, 0) is 54.1 Å². The van der Waals surface area contributed by atoms with Gasteiger partial charge in [-0.3, -0.25) is 4.79 Å². The minimum atomic E-state index is -0.202. The smallest absolute Gasteiger partial charge is 0.211 e. The summed E-state index contributed by atoms with van der Waals surface area (Å²) < 4.78 is 6.13. The lowest BCUT2D eigenvalue weighted by molar-refractivity contribution is 0.103. The molecular weight excluding hydrogens is 498 g/mol. The van der Waals surface area contributed by atoms with Gasteiger partial charge in [-0.15, -0.1) is 0 Å². The quantitative estimate of drug-likeness (QED) is 0.188. The Labute approximate surface area is 206 Å². The van der Waals surface area contributed by atoms with Crippen molar-refractivity contribution in [2.24, 2.45) is 0 Å². The molecule has 0 radical (unpaired) electrons. The molecule has 0 spiro atoms. The van der Waals surface area contributed by atoms with Gasteiger partial charge in [0.15, 0.2) is 0 Å². The summed E-state index contributed by atoms with van der Waals surface area (Å²) in [6, 6.07) is 24.6. The van der Waals surface area contributed by atoms with Crippen LogP contribution in [0.25, 0.3) is 0 Å². The number of hydrogen-bond acceptors (Lipinski definition) is 5. The lowest BCUT2D eigenvalue weighted by atomic mass is 10.0. The molecule has 4 N–H and O–H groups in total. The van der Waals surface area contributed by atoms with Crippen LogP contribution in [0.5, 0.6) is 5.75 Å². The van der Waals surface area contributed by atoms with Gasteiger partial charge in [0.2, 0.25) is 5.78 Å². The summed E-state index contributed by atoms with van der Waals surface area (Å²) in [7, 11) is 1.62. The van der Waals surface area contributed by atoms with E-state index in [1.54, 1.807) is 19.2 Å². The Morgan fingerprint density at radius 3 is 2.33 bits per heavy atom. The Kier molecular flexibility index (Phi) is 6.91. The summed E-state index contributed by atoms with van der Waals surface area (Å²) >= 11 is 9.19. The van der Waals surface area contributed by atoms with Crippen LogP contribution in [-0.4, -0.2) is 22.7 Å². The number of rotatable bonds is 8. The lowest BCUT2D eigenvalue weighted by Gasteiger charge is -2.10. The molecule has 0 saturated carbocycles. The number of nitrogens with two attached hydrogens (primary N) is 1. The fourth-order valence-corrected chi connectivity index (χ4v) is 4.15. The normalized spacial score (nSPS) is 10.6. The van der Waals surface area contributed by atoms with Gasteiger partial charge in [-0.2, -0.15) is 0 Å². The van der Waals surface area contributed by atoms with Crippen molar-refractivity contribution < 1.29 is 9.53 Å². The molecule has 7 heteroatoms. The van der Waals surface area contributed by atoms with E-state index in [2.05, 4.69) is 26.2 Å². The molecule has 0 unspecified atom stereocenters. The average molecular weight is 520 g/mol. The van der Waals surface area contributed by atoms with Crippen LogP contribution >= 0.6 is 28.1 Å². The second-order valence-corrected chi connectivity index (χ2v) is 8.85. The Balaban J connectivity index is 1.73. The Hall–Kier alpha value is -3.42. The predicted molar refractivity (Wildman–Crippen MR) is 141 cm³/mol. The van der Waals surface area contributed by atoms with Crippen LogP contribution in [0.4, 0.5) is 17.2 Å². The number of nitrogen functional groups attached to an aromatic ring is 1. The standard InChI is InChI=1S/C26H22BrN3O2S/c1-32-20-13-11-19(12-14-20)29-26-22(21(33)15-16-5-3-2-4-6-16)23(28)24(30-26)25(31)17-7-9-18(27)10-8-17/h2-14,29-30H,15,28H2,1H3. The lowest BCUT2D eigenvalue weighted by Crippen LogP contribution is -2.08. The number of thiocarbonyl (C=S) groups is 1. The molecule has 1 aromatic heterocycles. The van der Waals surface area contributed by atoms with Gasteiger partial charge in [0.05, 0.1) is 18.4 Å². The van der Waals surface area contributed by atoms with Gasteiger partial charge in [-0.25, -0.2) is 0 Å². The van der Waals surface area contributed by atoms with Crippen LogP contribution < -0.4 is 15.8 Å². The van der Waals surface area contributed by atoms with Crippen LogP contribution in [0, 0.1) is 0 Å². The van der Waals surface area contributed by atoms with Crippen LogP contribution in [0.2, 0.25) is 0 Å². The Morgan fingerprint density at radius 1 is 1.03 bits per heavy atom. The summed E-state index contributed by atoms with van der Waals surface area (Å²) in [6.07, 6.45) is 0.529. The largest absolute Gasteiger partial charge is 0.497 e. The zero-order chi connectivity index (χ0) is 23.4. The molecule has 166 valence electrons. The maximum Gasteiger partial charge on any atom is 0.211 e. The molecule has 0 saturated heterocycles. The summed E-state index contributed by atoms with van der Waals surface area (Å²) in [5.74, 6) is 1.13. The molecular formula is C26H22BrN3O2S. The molecule has 5 nitrogen and oxygen atoms in total. The van der Waals surface area contributed by atoms with E-state index in [0.717, 1.165) is 21.5 Å². The predicted octanol–water partition coefficient (Wildman–Crippen LogP) is 6.30. The number of halogens is 1. The summed E-state index contributed by atoms with van der Waals surface area (Å²) in [6.45, 7) is 0. The third-order valence-corrected chi connectivity index (χ3v) is 6.09. The fraction of sp³-hybridized carbons (Fsp3) is 0.0769. The topological polar surface area (TPSA) is 80.1 Å². The third kappa shape index (κ3) is 5.16. The highest BCUT2D eigenvalue weighted by atomic mass is 79.9. The number of benzene rings is 3. The molecule has 0 aliphatic rings. The van der Waals surface area contributed by atoms with E-state index in [1.807, 2.05) is 66.7 Å². The van der Waals surface area contributed by atoms with E-state index in [-0.39, 0.29) is 5.78 Å². The number of H-pyrrole nitrogens is 1. The molecule has 33 heavy (non-hydrogen) atoms. The maximum atomic E-state index is 13.2. The molecule has 0 bridgehead atoms. The van der Waals surface area contributed by atoms with E-state index in [4.69, 9.17) is 22.7 Å². The number of carbonyl (C=O) groups is 1. The fourth-order valence-electron chi connectivity index (χ4n) is 3.51. The van der Waals surface area contributed by atoms with Crippen molar-refractivity contribution in [1.82, 2.24) is 4.98 Å². The Bertz CT molecular complexity index is 1280. The van der Waals surface area contributed by atoms with Crippen LogP contribution in [0.15, 0.2) is 83.3 Å². The van der Waals surface area contributed by atoms with Crippen molar-refractivity contribution in [2.45, 2.75) is 6.42 Å². The van der Waals surface area contributed by atoms with E-state index in [9.17, 15) is 4.79 Å². The molecule has 0 amide bonds. The van der Waals surface area contributed by atoms with Gasteiger partial charge in [-0.1, -0.05) is 58.5 Å². The molecule has 0 aliphatic heterocycles. The second-order valence-electron chi connectivity index (χ2n) is 7.44. The number of hydrogen-bond donors (Lipinski definition) is 3. The number of ketones is 1. The van der Waals surface area contributed by atoms with E-state index >= 15 is 0 Å². The number of aromatic nitrogens is 1. The van der Waals surface area contributed by atoms with Crippen molar-refractivity contribution in [3.05, 3.63) is 106 Å². The molecule has 0 fully saturated rings. The van der Waals surface area contributed by atoms with Crippen molar-refractivity contribution >= 4 is 56.0 Å². The van der Waals surface area contributed by atoms with Crippen LogP contribution in [0.3, 0.4) is 0 Å². The number of nitrogens with one attached hydrogen (secondary N) is 2. The number of anilines is 3. The van der Waals surface area contributed by atoms with Crippen molar-refractivity contribution in [2.75, 3.05) is 18.2 Å². The van der Waals surface area contributed by atoms with E-state index in [1.165, 1.54) is 0 Å². The first-order valence-electron chi connectivity index (χ1n) is 10.3. The van der Waals surface area contributed by atoms with Gasteiger partial charge >= 0.3 is 0 Å². The SMILES string of the molecule is COc1ccc(Nc2[nH]c(C(=O)c3ccc(Br)cc3)c(N)c2C(=S)Cc2ccccc2)cc1. The van der Waals surface area contributed by atoms with E-state index < -0.39 is 0 Å². The first kappa shape index (κ1) is 22.8. The maximum absolute atomic E-state index is 13.2. The highest BCUT2D eigenvalue weighted by Crippen LogP contribution is 2.32. The third-order valence-electron chi connectivity index (χ3n) is 5.22. The average Bonchev–Trinajstić information content (AvgIpc) is 3.16. The first-order valence-corrected chi connectivity index (χ1v) is 11.5. The van der Waals surface area contributed by atoms with Crippen LogP contribution in [-0.2, 0) is 6.42 Å². The molecule has 4 aromatic rings. The highest BCUT2D eigenvalue weighted by Gasteiger charge is 2.24. The zero-order valence-corrected chi connectivity index (χ0v) is 20.3. The van der Waals surface area contributed by atoms with Crippen molar-refractivity contribution in [3.8, 4) is 5.75 Å². The van der Waals surface area contributed by atoms with Gasteiger partial charge in [0.1, 0.15) is 17.3 Å². The molecule has 1 heterocycles. The molecule has 0 aliphatic carbocycles. The summed E-state index contributed by atoms with van der Waals surface area (Å²) in [4.78, 5) is 17.1. The number of aromatic amines is 1. The molecule has 4 rings (SSSR count). The monoisotopic (exact) mass is 519 g/mol. The highest BCUT2D eigenvalue weighted by molar-refractivity contribution is 9.10. The first-order chi connectivity index (χ1) is 16.0. The van der Waals surface area contributed by atoms with E-state index in [0.29, 0.717) is 39.6 Å². The number of ether oxygens (including phenoxy) is 1. The van der Waals surface area contributed by atoms with Crippen LogP contribution in [0.1, 0.15) is 27.2 Å². The van der Waals surface area contributed by atoms with Crippen molar-refractivity contribution in [1.29, 1.82) is 0 Å². The minimum absolute atomic E-state index is 0.202. The molecule has 3 aromatic carbocycles.